The number of piperidine rings is 1. The molecule has 0 atom stereocenters. The van der Waals surface area contributed by atoms with Crippen molar-refractivity contribution in [3.05, 3.63) is 71.3 Å². The normalized spacial score (nSPS) is 15.4. The smallest absolute Gasteiger partial charge is 0.226 e. The monoisotopic (exact) mass is 439 g/mol. The molecule has 0 bridgehead atoms. The van der Waals surface area contributed by atoms with E-state index in [1.165, 1.54) is 4.31 Å². The van der Waals surface area contributed by atoms with Crippen LogP contribution in [0.5, 0.6) is 0 Å². The Hall–Kier alpha value is -2.69. The molecule has 164 valence electrons. The first-order valence-corrected chi connectivity index (χ1v) is 12.3. The van der Waals surface area contributed by atoms with Gasteiger partial charge in [0.25, 0.3) is 0 Å². The van der Waals surface area contributed by atoms with Crippen LogP contribution in [0.1, 0.15) is 42.9 Å². The van der Waals surface area contributed by atoms with Crippen molar-refractivity contribution in [1.29, 1.82) is 5.26 Å². The molecule has 3 rings (SSSR count). The first-order chi connectivity index (χ1) is 14.9. The number of nitrogens with zero attached hydrogens (tertiary/aromatic N) is 3. The highest BCUT2D eigenvalue weighted by molar-refractivity contribution is 7.88. The lowest BCUT2D eigenvalue weighted by atomic mass is 9.96. The van der Waals surface area contributed by atoms with Gasteiger partial charge in [0.2, 0.25) is 15.9 Å². The summed E-state index contributed by atoms with van der Waals surface area (Å²) in [6, 6.07) is 18.6. The molecule has 0 radical (unpaired) electrons. The van der Waals surface area contributed by atoms with E-state index in [4.69, 9.17) is 5.26 Å². The van der Waals surface area contributed by atoms with Gasteiger partial charge < -0.3 is 4.90 Å². The minimum atomic E-state index is -3.39. The van der Waals surface area contributed by atoms with E-state index >= 15 is 0 Å². The van der Waals surface area contributed by atoms with Gasteiger partial charge in [-0.05, 0) is 42.5 Å². The fourth-order valence-electron chi connectivity index (χ4n) is 3.96. The molecule has 0 aliphatic carbocycles. The molecule has 2 aromatic carbocycles. The van der Waals surface area contributed by atoms with Gasteiger partial charge in [-0.25, -0.2) is 12.7 Å². The van der Waals surface area contributed by atoms with Crippen LogP contribution in [-0.2, 0) is 27.1 Å². The van der Waals surface area contributed by atoms with Gasteiger partial charge in [0.15, 0.2) is 0 Å². The lowest BCUT2D eigenvalue weighted by Gasteiger charge is -2.33. The van der Waals surface area contributed by atoms with Crippen molar-refractivity contribution in [2.24, 2.45) is 5.92 Å². The van der Waals surface area contributed by atoms with Gasteiger partial charge in [-0.15, -0.1) is 0 Å². The molecule has 1 fully saturated rings. The zero-order valence-corrected chi connectivity index (χ0v) is 18.7. The average Bonchev–Trinajstić information content (AvgIpc) is 2.79. The fourth-order valence-corrected chi connectivity index (χ4v) is 5.52. The zero-order chi connectivity index (χ0) is 22.3. The van der Waals surface area contributed by atoms with Gasteiger partial charge in [-0.2, -0.15) is 5.26 Å². The Morgan fingerprint density at radius 3 is 2.29 bits per heavy atom. The summed E-state index contributed by atoms with van der Waals surface area (Å²) in [5, 5.41) is 8.95. The van der Waals surface area contributed by atoms with Gasteiger partial charge in [-0.1, -0.05) is 49.4 Å². The molecular formula is C24H29N3O3S. The number of nitriles is 1. The van der Waals surface area contributed by atoms with Crippen molar-refractivity contribution in [2.75, 3.05) is 19.6 Å². The Morgan fingerprint density at radius 1 is 1.06 bits per heavy atom. The average molecular weight is 440 g/mol. The van der Waals surface area contributed by atoms with Crippen molar-refractivity contribution in [3.8, 4) is 6.07 Å². The molecule has 0 unspecified atom stereocenters. The number of sulfonamides is 1. The quantitative estimate of drug-likeness (QED) is 0.630. The Balaban J connectivity index is 1.59. The van der Waals surface area contributed by atoms with Gasteiger partial charge >= 0.3 is 0 Å². The molecule has 0 aromatic heterocycles. The van der Waals surface area contributed by atoms with E-state index in [0.717, 1.165) is 17.5 Å². The molecule has 1 aliphatic rings. The predicted molar refractivity (Wildman–Crippen MR) is 120 cm³/mol. The highest BCUT2D eigenvalue weighted by Gasteiger charge is 2.33. The summed E-state index contributed by atoms with van der Waals surface area (Å²) < 4.78 is 27.1. The van der Waals surface area contributed by atoms with Crippen molar-refractivity contribution in [1.82, 2.24) is 9.21 Å². The summed E-state index contributed by atoms with van der Waals surface area (Å²) in [5.74, 6) is -0.0768. The van der Waals surface area contributed by atoms with Crippen LogP contribution in [0.2, 0.25) is 0 Å². The Bertz CT molecular complexity index is 1010. The van der Waals surface area contributed by atoms with Crippen LogP contribution in [0.25, 0.3) is 0 Å². The van der Waals surface area contributed by atoms with Gasteiger partial charge in [-0.3, -0.25) is 4.79 Å². The third-order valence-electron chi connectivity index (χ3n) is 5.65. The topological polar surface area (TPSA) is 81.5 Å². The Kier molecular flexibility index (Phi) is 7.83. The van der Waals surface area contributed by atoms with Gasteiger partial charge in [0.05, 0.1) is 17.4 Å². The summed E-state index contributed by atoms with van der Waals surface area (Å²) in [4.78, 5) is 15.0. The summed E-state index contributed by atoms with van der Waals surface area (Å²) in [6.45, 7) is 3.96. The second kappa shape index (κ2) is 10.6. The largest absolute Gasteiger partial charge is 0.338 e. The summed E-state index contributed by atoms with van der Waals surface area (Å²) in [7, 11) is -3.39. The van der Waals surface area contributed by atoms with Crippen molar-refractivity contribution < 1.29 is 13.2 Å². The van der Waals surface area contributed by atoms with E-state index in [9.17, 15) is 13.2 Å². The van der Waals surface area contributed by atoms with Crippen molar-refractivity contribution >= 4 is 15.9 Å². The minimum Gasteiger partial charge on any atom is -0.338 e. The maximum atomic E-state index is 13.2. The van der Waals surface area contributed by atoms with Crippen LogP contribution in [0.15, 0.2) is 54.6 Å². The SMILES string of the molecule is CCCN(Cc1ccc(C#N)cc1)C(=O)C1CCN(S(=O)(=O)Cc2ccccc2)CC1. The van der Waals surface area contributed by atoms with E-state index in [2.05, 4.69) is 6.07 Å². The number of hydrogen-bond donors (Lipinski definition) is 0. The van der Waals surface area contributed by atoms with Crippen LogP contribution in [-0.4, -0.2) is 43.2 Å². The molecule has 1 aliphatic heterocycles. The van der Waals surface area contributed by atoms with Crippen LogP contribution in [0, 0.1) is 17.2 Å². The van der Waals surface area contributed by atoms with E-state index in [-0.39, 0.29) is 17.6 Å². The number of rotatable bonds is 8. The molecule has 31 heavy (non-hydrogen) atoms. The van der Waals surface area contributed by atoms with E-state index in [0.29, 0.717) is 44.6 Å². The van der Waals surface area contributed by atoms with Crippen LogP contribution in [0.3, 0.4) is 0 Å². The first kappa shape index (κ1) is 23.0. The Morgan fingerprint density at radius 2 is 1.71 bits per heavy atom. The third kappa shape index (κ3) is 6.16. The Labute approximate surface area is 185 Å². The number of amides is 1. The van der Waals surface area contributed by atoms with Crippen molar-refractivity contribution in [2.45, 2.75) is 38.5 Å². The molecule has 0 spiro atoms. The maximum absolute atomic E-state index is 13.2. The lowest BCUT2D eigenvalue weighted by molar-refractivity contribution is -0.137. The standard InChI is InChI=1S/C24H29N3O3S/c1-2-14-26(18-21-10-8-20(17-25)9-11-21)24(28)23-12-15-27(16-13-23)31(29,30)19-22-6-4-3-5-7-22/h3-11,23H,2,12-16,18-19H2,1H3. The fraction of sp³-hybridized carbons (Fsp3) is 0.417. The number of benzene rings is 2. The molecule has 0 N–H and O–H groups in total. The number of hydrogen-bond acceptors (Lipinski definition) is 4. The minimum absolute atomic E-state index is 0.00684. The highest BCUT2D eigenvalue weighted by atomic mass is 32.2. The van der Waals surface area contributed by atoms with Crippen LogP contribution >= 0.6 is 0 Å². The van der Waals surface area contributed by atoms with Crippen molar-refractivity contribution in [3.63, 3.8) is 0 Å². The molecule has 1 amide bonds. The van der Waals surface area contributed by atoms with Gasteiger partial charge in [0, 0.05) is 32.1 Å². The number of carbonyl (C=O) groups excluding carboxylic acids is 1. The van der Waals surface area contributed by atoms with E-state index in [1.54, 1.807) is 12.1 Å². The highest BCUT2D eigenvalue weighted by Crippen LogP contribution is 2.24. The second-order valence-electron chi connectivity index (χ2n) is 7.98. The summed E-state index contributed by atoms with van der Waals surface area (Å²) in [5.41, 5.74) is 2.36. The molecule has 1 heterocycles. The predicted octanol–water partition coefficient (Wildman–Crippen LogP) is 3.54. The maximum Gasteiger partial charge on any atom is 0.226 e. The summed E-state index contributed by atoms with van der Waals surface area (Å²) in [6.07, 6.45) is 1.94. The third-order valence-corrected chi connectivity index (χ3v) is 7.50. The molecule has 0 saturated carbocycles. The second-order valence-corrected chi connectivity index (χ2v) is 9.95. The van der Waals surface area contributed by atoms with Crippen LogP contribution < -0.4 is 0 Å². The first-order valence-electron chi connectivity index (χ1n) is 10.7. The van der Waals surface area contributed by atoms with Gasteiger partial charge in [0.1, 0.15) is 0 Å². The number of carbonyl (C=O) groups is 1. The lowest BCUT2D eigenvalue weighted by Crippen LogP contribution is -2.44. The van der Waals surface area contributed by atoms with E-state index in [1.807, 2.05) is 54.3 Å². The molecule has 2 aromatic rings. The molecule has 6 nitrogen and oxygen atoms in total. The molecule has 1 saturated heterocycles. The molecule has 7 heteroatoms. The van der Waals surface area contributed by atoms with Crippen LogP contribution in [0.4, 0.5) is 0 Å². The molecular weight excluding hydrogens is 410 g/mol. The van der Waals surface area contributed by atoms with E-state index < -0.39 is 10.0 Å². The summed E-state index contributed by atoms with van der Waals surface area (Å²) >= 11 is 0. The zero-order valence-electron chi connectivity index (χ0n) is 17.9.